The Kier molecular flexibility index (Phi) is 12.4. The number of hydrogen-bond donors (Lipinski definition) is 0. The van der Waals surface area contributed by atoms with Gasteiger partial charge in [0, 0.05) is 41.1 Å². The first-order valence-corrected chi connectivity index (χ1v) is 17.6. The molecule has 238 valence electrons. The predicted molar refractivity (Wildman–Crippen MR) is 197 cm³/mol. The minimum absolute atomic E-state index is 0.0884. The lowest BCUT2D eigenvalue weighted by molar-refractivity contribution is 0.435. The van der Waals surface area contributed by atoms with Crippen molar-refractivity contribution >= 4 is 37.7 Å². The van der Waals surface area contributed by atoms with Crippen molar-refractivity contribution in [2.75, 3.05) is 0 Å². The number of pyridine rings is 2. The van der Waals surface area contributed by atoms with Crippen LogP contribution in [0, 0.1) is 13.8 Å². The maximum absolute atomic E-state index is 12.8. The first kappa shape index (κ1) is 34.4. The van der Waals surface area contributed by atoms with Gasteiger partial charge in [-0.05, 0) is 90.4 Å². The number of benzene rings is 3. The summed E-state index contributed by atoms with van der Waals surface area (Å²) in [7, 11) is 0. The summed E-state index contributed by atoms with van der Waals surface area (Å²) in [5, 5.41) is 1.64. The molecule has 3 aromatic carbocycles. The Morgan fingerprint density at radius 3 is 1.60 bits per heavy atom. The molecule has 5 aromatic rings. The Hall–Kier alpha value is -3.44. The van der Waals surface area contributed by atoms with E-state index >= 15 is 0 Å². The summed E-state index contributed by atoms with van der Waals surface area (Å²) >= 11 is 3.50. The molecule has 4 nitrogen and oxygen atoms in total. The van der Waals surface area contributed by atoms with Gasteiger partial charge in [-0.25, -0.2) is 0 Å². The van der Waals surface area contributed by atoms with Crippen LogP contribution in [0.3, 0.4) is 0 Å². The minimum atomic E-state index is 0.0884. The fourth-order valence-corrected chi connectivity index (χ4v) is 7.32. The van der Waals surface area contributed by atoms with E-state index in [-0.39, 0.29) is 10.9 Å². The molecule has 5 heteroatoms. The molecule has 0 aliphatic heterocycles. The molecule has 0 bridgehead atoms. The number of hydrogen-bond acceptors (Lipinski definition) is 2. The Labute approximate surface area is 277 Å². The predicted octanol–water partition coefficient (Wildman–Crippen LogP) is 11.3. The Bertz CT molecular complexity index is 1840. The van der Waals surface area contributed by atoms with Gasteiger partial charge < -0.3 is 9.13 Å². The number of rotatable bonds is 11. The lowest BCUT2D eigenvalue weighted by Crippen LogP contribution is -2.14. The lowest BCUT2D eigenvalue weighted by Gasteiger charge is -2.23. The second-order valence-electron chi connectivity index (χ2n) is 12.3. The second kappa shape index (κ2) is 16.2. The summed E-state index contributed by atoms with van der Waals surface area (Å²) in [5.41, 5.74) is 6.95. The van der Waals surface area contributed by atoms with Crippen LogP contribution in [0.15, 0.2) is 93.2 Å². The van der Waals surface area contributed by atoms with Crippen LogP contribution in [0.1, 0.15) is 102 Å². The molecule has 0 aliphatic carbocycles. The third-order valence-electron chi connectivity index (χ3n) is 8.80. The van der Waals surface area contributed by atoms with Gasteiger partial charge in [0.05, 0.1) is 21.8 Å². The van der Waals surface area contributed by atoms with Gasteiger partial charge in [-0.15, -0.1) is 0 Å². The smallest absolute Gasteiger partial charge is 0.190 e. The number of nitrogens with zero attached hydrogens (tertiary/aromatic N) is 2. The second-order valence-corrected chi connectivity index (χ2v) is 13.1. The van der Waals surface area contributed by atoms with Crippen LogP contribution in [0.25, 0.3) is 32.9 Å². The van der Waals surface area contributed by atoms with Crippen molar-refractivity contribution in [3.05, 3.63) is 115 Å². The number of fused-ring (bicyclic) bond motifs is 2. The number of halogens is 1. The molecular formula is C40H49BrN2O2. The van der Waals surface area contributed by atoms with Gasteiger partial charge in [-0.2, -0.15) is 0 Å². The average Bonchev–Trinajstić information content (AvgIpc) is 3.02. The van der Waals surface area contributed by atoms with Crippen molar-refractivity contribution in [2.45, 2.75) is 105 Å². The molecule has 0 spiro atoms. The molecule has 0 saturated heterocycles. The average molecular weight is 670 g/mol. The van der Waals surface area contributed by atoms with Crippen molar-refractivity contribution < 1.29 is 0 Å². The maximum Gasteiger partial charge on any atom is 0.190 e. The van der Waals surface area contributed by atoms with Crippen LogP contribution in [0.5, 0.6) is 0 Å². The Morgan fingerprint density at radius 1 is 0.600 bits per heavy atom. The van der Waals surface area contributed by atoms with Crippen LogP contribution in [0.4, 0.5) is 0 Å². The zero-order valence-corrected chi connectivity index (χ0v) is 29.5. The topological polar surface area (TPSA) is 44.0 Å². The molecular weight excluding hydrogens is 620 g/mol. The summed E-state index contributed by atoms with van der Waals surface area (Å²) in [6.07, 6.45) is 13.1. The first-order valence-electron chi connectivity index (χ1n) is 16.8. The molecule has 2 aromatic heterocycles. The fourth-order valence-electron chi connectivity index (χ4n) is 6.76. The van der Waals surface area contributed by atoms with Crippen molar-refractivity contribution in [3.8, 4) is 11.1 Å². The third-order valence-corrected chi connectivity index (χ3v) is 9.46. The normalized spacial score (nSPS) is 11.4. The highest BCUT2D eigenvalue weighted by Gasteiger charge is 2.16. The van der Waals surface area contributed by atoms with Crippen LogP contribution in [-0.2, 0) is 0 Å². The van der Waals surface area contributed by atoms with Crippen LogP contribution in [-0.4, -0.2) is 9.13 Å². The SMILES string of the molecule is CCCC(CCC)n1ccc(=O)c2c(-c3ccc(C)cc3C)cccc21.CCCC(CCC)n1ccc(=O)c2c(Br)cccc21. The molecule has 0 saturated carbocycles. The van der Waals surface area contributed by atoms with Gasteiger partial charge in [0.2, 0.25) is 0 Å². The van der Waals surface area contributed by atoms with Gasteiger partial charge in [0.25, 0.3) is 0 Å². The van der Waals surface area contributed by atoms with Gasteiger partial charge >= 0.3 is 0 Å². The largest absolute Gasteiger partial charge is 0.344 e. The van der Waals surface area contributed by atoms with Crippen LogP contribution < -0.4 is 10.9 Å². The van der Waals surface area contributed by atoms with Crippen LogP contribution in [0.2, 0.25) is 0 Å². The molecule has 0 amide bonds. The van der Waals surface area contributed by atoms with Crippen molar-refractivity contribution in [3.63, 3.8) is 0 Å². The van der Waals surface area contributed by atoms with E-state index in [1.807, 2.05) is 30.6 Å². The van der Waals surface area contributed by atoms with E-state index in [0.717, 1.165) is 88.8 Å². The Balaban J connectivity index is 0.000000215. The Morgan fingerprint density at radius 2 is 1.09 bits per heavy atom. The highest BCUT2D eigenvalue weighted by Crippen LogP contribution is 2.32. The van der Waals surface area contributed by atoms with E-state index in [1.54, 1.807) is 12.1 Å². The molecule has 0 N–H and O–H groups in total. The summed E-state index contributed by atoms with van der Waals surface area (Å²) in [4.78, 5) is 24.9. The number of aromatic nitrogens is 2. The molecule has 0 aliphatic rings. The number of aryl methyl sites for hydroxylation is 2. The summed E-state index contributed by atoms with van der Waals surface area (Å²) in [6, 6.07) is 23.1. The monoisotopic (exact) mass is 668 g/mol. The van der Waals surface area contributed by atoms with Crippen molar-refractivity contribution in [2.24, 2.45) is 0 Å². The van der Waals surface area contributed by atoms with Gasteiger partial charge in [0.1, 0.15) is 0 Å². The highest BCUT2D eigenvalue weighted by molar-refractivity contribution is 9.10. The molecule has 0 atom stereocenters. The van der Waals surface area contributed by atoms with Crippen molar-refractivity contribution in [1.29, 1.82) is 0 Å². The van der Waals surface area contributed by atoms with E-state index < -0.39 is 0 Å². The third kappa shape index (κ3) is 7.87. The molecule has 0 unspecified atom stereocenters. The van der Waals surface area contributed by atoms with Gasteiger partial charge in [0.15, 0.2) is 10.9 Å². The summed E-state index contributed by atoms with van der Waals surface area (Å²) in [5.74, 6) is 0. The maximum atomic E-state index is 12.8. The van der Waals surface area contributed by atoms with E-state index in [2.05, 4.69) is 103 Å². The zero-order chi connectivity index (χ0) is 32.5. The van der Waals surface area contributed by atoms with Gasteiger partial charge in [-0.3, -0.25) is 9.59 Å². The van der Waals surface area contributed by atoms with Crippen LogP contribution >= 0.6 is 15.9 Å². The fraction of sp³-hybridized carbons (Fsp3) is 0.400. The molecule has 5 rings (SSSR count). The standard InChI is InChI=1S/C24H29NO.C16H20BrNO/c1-5-8-19(9-6-2)25-15-14-23(26)24-21(10-7-11-22(24)25)20-13-12-17(3)16-18(20)4;1-3-6-12(7-4-2)18-11-10-15(19)16-13(17)8-5-9-14(16)18/h7,10-16,19H,5-6,8-9H2,1-4H3;5,8-12H,3-4,6-7H2,1-2H3. The van der Waals surface area contributed by atoms with E-state index in [4.69, 9.17) is 0 Å². The van der Waals surface area contributed by atoms with Gasteiger partial charge in [-0.1, -0.05) is 95.3 Å². The molecule has 0 radical (unpaired) electrons. The quantitative estimate of drug-likeness (QED) is 0.140. The molecule has 2 heterocycles. The minimum Gasteiger partial charge on any atom is -0.344 e. The lowest BCUT2D eigenvalue weighted by atomic mass is 9.95. The van der Waals surface area contributed by atoms with E-state index in [0.29, 0.717) is 12.1 Å². The van der Waals surface area contributed by atoms with E-state index in [1.165, 1.54) is 11.1 Å². The van der Waals surface area contributed by atoms with Crippen molar-refractivity contribution in [1.82, 2.24) is 9.13 Å². The summed E-state index contributed by atoms with van der Waals surface area (Å²) in [6.45, 7) is 13.1. The van der Waals surface area contributed by atoms with E-state index in [9.17, 15) is 9.59 Å². The first-order chi connectivity index (χ1) is 21.7. The summed E-state index contributed by atoms with van der Waals surface area (Å²) < 4.78 is 5.49. The zero-order valence-electron chi connectivity index (χ0n) is 27.9. The molecule has 45 heavy (non-hydrogen) atoms. The highest BCUT2D eigenvalue weighted by atomic mass is 79.9. The molecule has 0 fully saturated rings.